The zero-order valence-electron chi connectivity index (χ0n) is 9.08. The number of ketones is 1. The third-order valence-electron chi connectivity index (χ3n) is 2.87. The number of nitrogens with zero attached hydrogens (tertiary/aromatic N) is 1. The molecule has 1 rings (SSSR count). The molecule has 3 heteroatoms. The fourth-order valence-electron chi connectivity index (χ4n) is 1.86. The quantitative estimate of drug-likeness (QED) is 0.646. The van der Waals surface area contributed by atoms with Crippen molar-refractivity contribution in [1.82, 2.24) is 4.90 Å². The predicted octanol–water partition coefficient (Wildman–Crippen LogP) is 1.76. The van der Waals surface area contributed by atoms with Gasteiger partial charge in [-0.15, -0.1) is 0 Å². The molecule has 1 aliphatic rings. The second-order valence-electron chi connectivity index (χ2n) is 4.00. The summed E-state index contributed by atoms with van der Waals surface area (Å²) < 4.78 is 0. The average molecular weight is 197 g/mol. The number of piperidine rings is 1. The Bertz CT molecular complexity index is 225. The number of carbonyl (C=O) groups is 2. The standard InChI is InChI=1S/C11H19NO2/c1-3-10(13)8-11(14)12-7-5-4-6-9(12)2/h9H,3-8H2,1-2H3. The molecule has 1 heterocycles. The van der Waals surface area contributed by atoms with Gasteiger partial charge in [0.15, 0.2) is 0 Å². The van der Waals surface area contributed by atoms with Gasteiger partial charge in [0, 0.05) is 19.0 Å². The van der Waals surface area contributed by atoms with Crippen LogP contribution in [-0.2, 0) is 9.59 Å². The summed E-state index contributed by atoms with van der Waals surface area (Å²) in [5.41, 5.74) is 0. The van der Waals surface area contributed by atoms with Crippen LogP contribution >= 0.6 is 0 Å². The number of hydrogen-bond acceptors (Lipinski definition) is 2. The molecule has 1 atom stereocenters. The summed E-state index contributed by atoms with van der Waals surface area (Å²) in [6.45, 7) is 4.69. The van der Waals surface area contributed by atoms with Crippen LogP contribution in [0.2, 0.25) is 0 Å². The van der Waals surface area contributed by atoms with E-state index in [1.807, 2.05) is 4.90 Å². The molecule has 14 heavy (non-hydrogen) atoms. The van der Waals surface area contributed by atoms with E-state index in [1.165, 1.54) is 6.42 Å². The molecule has 0 spiro atoms. The van der Waals surface area contributed by atoms with Crippen molar-refractivity contribution in [3.63, 3.8) is 0 Å². The number of Topliss-reactive ketones (excluding diaryl/α,β-unsaturated/α-hetero) is 1. The minimum atomic E-state index is 0.0176. The van der Waals surface area contributed by atoms with Gasteiger partial charge in [0.05, 0.1) is 6.42 Å². The number of carbonyl (C=O) groups excluding carboxylic acids is 2. The van der Waals surface area contributed by atoms with E-state index in [1.54, 1.807) is 6.92 Å². The normalized spacial score (nSPS) is 22.1. The lowest BCUT2D eigenvalue weighted by Gasteiger charge is -2.33. The van der Waals surface area contributed by atoms with E-state index in [9.17, 15) is 9.59 Å². The smallest absolute Gasteiger partial charge is 0.230 e. The second-order valence-corrected chi connectivity index (χ2v) is 4.00. The Balaban J connectivity index is 2.46. The van der Waals surface area contributed by atoms with Crippen LogP contribution in [0.5, 0.6) is 0 Å². The zero-order chi connectivity index (χ0) is 10.6. The number of amides is 1. The van der Waals surface area contributed by atoms with Crippen molar-refractivity contribution < 1.29 is 9.59 Å². The average Bonchev–Trinajstić information content (AvgIpc) is 2.18. The lowest BCUT2D eigenvalue weighted by Crippen LogP contribution is -2.42. The van der Waals surface area contributed by atoms with E-state index in [0.717, 1.165) is 19.4 Å². The van der Waals surface area contributed by atoms with Crippen molar-refractivity contribution in [2.24, 2.45) is 0 Å². The second kappa shape index (κ2) is 5.13. The lowest BCUT2D eigenvalue weighted by atomic mass is 10.0. The summed E-state index contributed by atoms with van der Waals surface area (Å²) in [6, 6.07) is 0.320. The molecule has 1 saturated heterocycles. The Kier molecular flexibility index (Phi) is 4.11. The Morgan fingerprint density at radius 3 is 2.64 bits per heavy atom. The molecule has 3 nitrogen and oxygen atoms in total. The third kappa shape index (κ3) is 2.82. The van der Waals surface area contributed by atoms with E-state index < -0.39 is 0 Å². The number of rotatable bonds is 3. The Morgan fingerprint density at radius 2 is 2.07 bits per heavy atom. The van der Waals surface area contributed by atoms with Crippen LogP contribution in [0.3, 0.4) is 0 Å². The highest BCUT2D eigenvalue weighted by Crippen LogP contribution is 2.17. The Morgan fingerprint density at radius 1 is 1.36 bits per heavy atom. The van der Waals surface area contributed by atoms with Gasteiger partial charge < -0.3 is 4.90 Å². The molecule has 1 amide bonds. The lowest BCUT2D eigenvalue weighted by molar-refractivity contribution is -0.137. The first-order chi connectivity index (χ1) is 6.65. The van der Waals surface area contributed by atoms with Gasteiger partial charge in [-0.1, -0.05) is 6.92 Å². The maximum absolute atomic E-state index is 11.7. The van der Waals surface area contributed by atoms with Crippen LogP contribution < -0.4 is 0 Å². The van der Waals surface area contributed by atoms with Gasteiger partial charge in [-0.3, -0.25) is 9.59 Å². The van der Waals surface area contributed by atoms with Crippen LogP contribution in [0.4, 0.5) is 0 Å². The molecule has 1 unspecified atom stereocenters. The first kappa shape index (κ1) is 11.2. The van der Waals surface area contributed by atoms with Gasteiger partial charge in [-0.25, -0.2) is 0 Å². The molecule has 0 N–H and O–H groups in total. The zero-order valence-corrected chi connectivity index (χ0v) is 9.08. The van der Waals surface area contributed by atoms with Gasteiger partial charge in [0.1, 0.15) is 5.78 Å². The van der Waals surface area contributed by atoms with Crippen molar-refractivity contribution in [3.8, 4) is 0 Å². The molecule has 1 aliphatic heterocycles. The van der Waals surface area contributed by atoms with Crippen molar-refractivity contribution in [2.45, 2.75) is 52.0 Å². The molecule has 0 aliphatic carbocycles. The van der Waals surface area contributed by atoms with Gasteiger partial charge in [0.25, 0.3) is 0 Å². The van der Waals surface area contributed by atoms with Crippen molar-refractivity contribution in [2.75, 3.05) is 6.54 Å². The van der Waals surface area contributed by atoms with E-state index in [-0.39, 0.29) is 18.1 Å². The molecular weight excluding hydrogens is 178 g/mol. The molecule has 1 fully saturated rings. The summed E-state index contributed by atoms with van der Waals surface area (Å²) in [6.07, 6.45) is 3.92. The summed E-state index contributed by atoms with van der Waals surface area (Å²) >= 11 is 0. The van der Waals surface area contributed by atoms with Gasteiger partial charge in [-0.05, 0) is 26.2 Å². The fourth-order valence-corrected chi connectivity index (χ4v) is 1.86. The van der Waals surface area contributed by atoms with Gasteiger partial charge in [0.2, 0.25) is 5.91 Å². The highest BCUT2D eigenvalue weighted by atomic mass is 16.2. The molecule has 0 bridgehead atoms. The monoisotopic (exact) mass is 197 g/mol. The van der Waals surface area contributed by atoms with E-state index in [4.69, 9.17) is 0 Å². The van der Waals surface area contributed by atoms with Crippen LogP contribution in [0.15, 0.2) is 0 Å². The molecule has 0 aromatic carbocycles. The van der Waals surface area contributed by atoms with Crippen molar-refractivity contribution >= 4 is 11.7 Å². The molecular formula is C11H19NO2. The SMILES string of the molecule is CCC(=O)CC(=O)N1CCCCC1C. The predicted molar refractivity (Wildman–Crippen MR) is 54.9 cm³/mol. The summed E-state index contributed by atoms with van der Waals surface area (Å²) in [5.74, 6) is 0.0665. The maximum Gasteiger partial charge on any atom is 0.230 e. The van der Waals surface area contributed by atoms with Gasteiger partial charge in [-0.2, -0.15) is 0 Å². The van der Waals surface area contributed by atoms with Crippen molar-refractivity contribution in [3.05, 3.63) is 0 Å². The Labute approximate surface area is 85.5 Å². The Hall–Kier alpha value is -0.860. The van der Waals surface area contributed by atoms with Crippen LogP contribution in [0, 0.1) is 0 Å². The molecule has 0 aromatic rings. The van der Waals surface area contributed by atoms with Crippen molar-refractivity contribution in [1.29, 1.82) is 0 Å². The third-order valence-corrected chi connectivity index (χ3v) is 2.87. The largest absolute Gasteiger partial charge is 0.340 e. The van der Waals surface area contributed by atoms with Crippen LogP contribution in [0.1, 0.15) is 46.0 Å². The fraction of sp³-hybridized carbons (Fsp3) is 0.818. The first-order valence-electron chi connectivity index (χ1n) is 5.46. The highest BCUT2D eigenvalue weighted by molar-refractivity contribution is 5.97. The summed E-state index contributed by atoms with van der Waals surface area (Å²) in [5, 5.41) is 0. The summed E-state index contributed by atoms with van der Waals surface area (Å²) in [7, 11) is 0. The number of likely N-dealkylation sites (tertiary alicyclic amines) is 1. The van der Waals surface area contributed by atoms with E-state index >= 15 is 0 Å². The van der Waals surface area contributed by atoms with Crippen LogP contribution in [-0.4, -0.2) is 29.2 Å². The summed E-state index contributed by atoms with van der Waals surface area (Å²) in [4.78, 5) is 24.7. The molecule has 0 saturated carbocycles. The highest BCUT2D eigenvalue weighted by Gasteiger charge is 2.23. The topological polar surface area (TPSA) is 37.4 Å². The first-order valence-corrected chi connectivity index (χ1v) is 5.46. The minimum absolute atomic E-state index is 0.0176. The van der Waals surface area contributed by atoms with E-state index in [0.29, 0.717) is 12.5 Å². The minimum Gasteiger partial charge on any atom is -0.340 e. The molecule has 0 aromatic heterocycles. The molecule has 0 radical (unpaired) electrons. The number of hydrogen-bond donors (Lipinski definition) is 0. The molecule has 80 valence electrons. The van der Waals surface area contributed by atoms with E-state index in [2.05, 4.69) is 6.92 Å². The van der Waals surface area contributed by atoms with Crippen LogP contribution in [0.25, 0.3) is 0 Å². The van der Waals surface area contributed by atoms with Gasteiger partial charge >= 0.3 is 0 Å². The maximum atomic E-state index is 11.7.